The summed E-state index contributed by atoms with van der Waals surface area (Å²) in [6, 6.07) is 0. The van der Waals surface area contributed by atoms with Crippen LogP contribution < -0.4 is 0 Å². The molecule has 3 rings (SSSR count). The van der Waals surface area contributed by atoms with Crippen LogP contribution in [0, 0.1) is 0 Å². The first-order valence-corrected chi connectivity index (χ1v) is 10.7. The maximum absolute atomic E-state index is 10.8. The molecule has 0 radical (unpaired) electrons. The second-order valence-electron chi connectivity index (χ2n) is 8.43. The Bertz CT molecular complexity index is 609. The molecule has 3 saturated heterocycles. The van der Waals surface area contributed by atoms with E-state index in [-0.39, 0.29) is 6.42 Å². The van der Waals surface area contributed by atoms with Crippen LogP contribution in [0.15, 0.2) is 0 Å². The summed E-state index contributed by atoms with van der Waals surface area (Å²) in [7, 11) is 1.25. The van der Waals surface area contributed by atoms with Crippen molar-refractivity contribution in [2.24, 2.45) is 0 Å². The van der Waals surface area contributed by atoms with Crippen molar-refractivity contribution >= 4 is 0 Å². The van der Waals surface area contributed by atoms with E-state index in [2.05, 4.69) is 0 Å². The van der Waals surface area contributed by atoms with Gasteiger partial charge in [-0.25, -0.2) is 0 Å². The molecule has 0 aliphatic carbocycles. The van der Waals surface area contributed by atoms with Crippen molar-refractivity contribution in [2.45, 2.75) is 99.4 Å². The van der Waals surface area contributed by atoms with Gasteiger partial charge in [0.2, 0.25) is 0 Å². The fraction of sp³-hybridized carbons (Fsp3) is 1.00. The summed E-state index contributed by atoms with van der Waals surface area (Å²) in [5.74, 6) is 0. The van der Waals surface area contributed by atoms with Crippen LogP contribution in [-0.2, 0) is 28.4 Å². The molecule has 33 heavy (non-hydrogen) atoms. The van der Waals surface area contributed by atoms with Crippen LogP contribution in [-0.4, -0.2) is 147 Å². The molecular weight excluding hydrogens is 452 g/mol. The zero-order valence-corrected chi connectivity index (χ0v) is 18.2. The Morgan fingerprint density at radius 3 is 1.85 bits per heavy atom. The summed E-state index contributed by atoms with van der Waals surface area (Å²) in [5, 5.41) is 80.3. The molecule has 3 heterocycles. The number of aliphatic hydroxyl groups excluding tert-OH is 8. The van der Waals surface area contributed by atoms with Gasteiger partial charge in [-0.1, -0.05) is 0 Å². The normalized spacial score (nSPS) is 51.5. The van der Waals surface area contributed by atoms with Crippen molar-refractivity contribution < 1.29 is 69.3 Å². The summed E-state index contributed by atoms with van der Waals surface area (Å²) in [6.45, 7) is 0.276. The van der Waals surface area contributed by atoms with Crippen molar-refractivity contribution in [3.05, 3.63) is 0 Å². The van der Waals surface area contributed by atoms with Gasteiger partial charge in [0.05, 0.1) is 25.4 Å². The van der Waals surface area contributed by atoms with E-state index >= 15 is 0 Å². The summed E-state index contributed by atoms with van der Waals surface area (Å²) < 4.78 is 33.2. The van der Waals surface area contributed by atoms with E-state index in [1.807, 2.05) is 0 Å². The Labute approximate surface area is 189 Å². The highest BCUT2D eigenvalue weighted by atomic mass is 16.8. The molecule has 0 unspecified atom stereocenters. The zero-order valence-electron chi connectivity index (χ0n) is 18.2. The molecule has 0 bridgehead atoms. The molecule has 14 heteroatoms. The minimum absolute atomic E-state index is 0.0550. The Kier molecular flexibility index (Phi) is 9.38. The van der Waals surface area contributed by atoms with Gasteiger partial charge in [0.25, 0.3) is 0 Å². The largest absolute Gasteiger partial charge is 0.394 e. The van der Waals surface area contributed by atoms with Gasteiger partial charge < -0.3 is 69.3 Å². The summed E-state index contributed by atoms with van der Waals surface area (Å²) in [6.07, 6.45) is -18.8. The maximum Gasteiger partial charge on any atom is 0.187 e. The van der Waals surface area contributed by atoms with E-state index in [1.54, 1.807) is 6.92 Å². The monoisotopic (exact) mass is 486 g/mol. The molecule has 0 amide bonds. The van der Waals surface area contributed by atoms with E-state index in [0.717, 1.165) is 0 Å². The molecule has 3 aliphatic rings. The van der Waals surface area contributed by atoms with Gasteiger partial charge in [0.15, 0.2) is 18.9 Å². The highest BCUT2D eigenvalue weighted by molar-refractivity contribution is 4.95. The van der Waals surface area contributed by atoms with Crippen molar-refractivity contribution in [1.82, 2.24) is 0 Å². The van der Waals surface area contributed by atoms with Crippen molar-refractivity contribution in [1.29, 1.82) is 0 Å². The molecular formula is C19H34O14. The smallest absolute Gasteiger partial charge is 0.187 e. The van der Waals surface area contributed by atoms with Crippen LogP contribution in [0.4, 0.5) is 0 Å². The minimum atomic E-state index is -1.75. The first-order valence-electron chi connectivity index (χ1n) is 10.7. The van der Waals surface area contributed by atoms with E-state index in [0.29, 0.717) is 0 Å². The van der Waals surface area contributed by atoms with Crippen molar-refractivity contribution in [3.8, 4) is 0 Å². The molecule has 3 fully saturated rings. The topological polar surface area (TPSA) is 217 Å². The Balaban J connectivity index is 1.83. The molecule has 0 aromatic carbocycles. The third-order valence-electron chi connectivity index (χ3n) is 6.15. The average molecular weight is 486 g/mol. The molecule has 8 N–H and O–H groups in total. The van der Waals surface area contributed by atoms with Crippen LogP contribution in [0.25, 0.3) is 0 Å². The maximum atomic E-state index is 10.8. The zero-order chi connectivity index (χ0) is 24.4. The highest BCUT2D eigenvalue weighted by Crippen LogP contribution is 2.33. The lowest BCUT2D eigenvalue weighted by Gasteiger charge is -2.48. The fourth-order valence-electron chi connectivity index (χ4n) is 4.09. The van der Waals surface area contributed by atoms with E-state index in [9.17, 15) is 40.9 Å². The van der Waals surface area contributed by atoms with Gasteiger partial charge in [-0.05, 0) is 6.92 Å². The van der Waals surface area contributed by atoms with Gasteiger partial charge in [-0.3, -0.25) is 0 Å². The van der Waals surface area contributed by atoms with E-state index < -0.39 is 99.2 Å². The van der Waals surface area contributed by atoms with Crippen molar-refractivity contribution in [2.75, 3.05) is 20.3 Å². The van der Waals surface area contributed by atoms with Gasteiger partial charge in [0.1, 0.15) is 54.9 Å². The lowest BCUT2D eigenvalue weighted by molar-refractivity contribution is -0.385. The first-order chi connectivity index (χ1) is 15.6. The van der Waals surface area contributed by atoms with Gasteiger partial charge in [-0.2, -0.15) is 0 Å². The predicted molar refractivity (Wildman–Crippen MR) is 103 cm³/mol. The third kappa shape index (κ3) is 5.65. The molecule has 14 nitrogen and oxygen atoms in total. The number of aliphatic hydroxyl groups is 8. The number of rotatable bonds is 7. The van der Waals surface area contributed by atoms with Crippen LogP contribution in [0.5, 0.6) is 0 Å². The number of ether oxygens (including phenoxy) is 6. The Morgan fingerprint density at radius 1 is 0.667 bits per heavy atom. The lowest BCUT2D eigenvalue weighted by atomic mass is 9.96. The fourth-order valence-corrected chi connectivity index (χ4v) is 4.09. The van der Waals surface area contributed by atoms with E-state index in [1.165, 1.54) is 7.11 Å². The second kappa shape index (κ2) is 11.5. The molecule has 194 valence electrons. The average Bonchev–Trinajstić information content (AvgIpc) is 2.79. The Hall–Kier alpha value is -0.560. The van der Waals surface area contributed by atoms with Crippen LogP contribution in [0.3, 0.4) is 0 Å². The van der Waals surface area contributed by atoms with Gasteiger partial charge in [0, 0.05) is 13.5 Å². The molecule has 0 saturated carbocycles. The number of hydrogen-bond acceptors (Lipinski definition) is 14. The summed E-state index contributed by atoms with van der Waals surface area (Å²) >= 11 is 0. The standard InChI is InChI=1S/C19H34O14/c1-6-7(22)3-8(23)17(29-6)32-15-12(25)10(5-21)31-19(28-2)16(15)33-18-14(27)13(26)11(24)9(4-20)30-18/h6-27H,3-5H2,1-2H3/t6-,7-,8-,9-,10-,11+,12-,13+,14-,15+,16+,17-,18+,19+/m1/s1. The van der Waals surface area contributed by atoms with Gasteiger partial charge >= 0.3 is 0 Å². The first kappa shape index (κ1) is 27.0. The highest BCUT2D eigenvalue weighted by Gasteiger charge is 2.53. The third-order valence-corrected chi connectivity index (χ3v) is 6.15. The number of hydrogen-bond donors (Lipinski definition) is 8. The summed E-state index contributed by atoms with van der Waals surface area (Å²) in [5.41, 5.74) is 0. The van der Waals surface area contributed by atoms with Gasteiger partial charge in [-0.15, -0.1) is 0 Å². The summed E-state index contributed by atoms with van der Waals surface area (Å²) in [4.78, 5) is 0. The molecule has 3 aliphatic heterocycles. The van der Waals surface area contributed by atoms with E-state index in [4.69, 9.17) is 28.4 Å². The Morgan fingerprint density at radius 2 is 1.24 bits per heavy atom. The second-order valence-corrected chi connectivity index (χ2v) is 8.43. The predicted octanol–water partition coefficient (Wildman–Crippen LogP) is -4.86. The number of methoxy groups -OCH3 is 1. The molecule has 0 aromatic heterocycles. The van der Waals surface area contributed by atoms with Crippen LogP contribution in [0.1, 0.15) is 13.3 Å². The van der Waals surface area contributed by atoms with Crippen LogP contribution in [0.2, 0.25) is 0 Å². The molecule has 14 atom stereocenters. The SMILES string of the molecule is CO[C@H]1O[C@H](CO)[C@@H](O)[C@H](O[C@H]2O[C@H](C)[C@H](O)C[C@H]2O)[C@@H]1O[C@@H]1O[C@H](CO)[C@H](O)[C@H](O)[C@H]1O. The van der Waals surface area contributed by atoms with Crippen LogP contribution >= 0.6 is 0 Å². The molecule has 0 spiro atoms. The molecule has 0 aromatic rings. The lowest BCUT2D eigenvalue weighted by Crippen LogP contribution is -2.66. The minimum Gasteiger partial charge on any atom is -0.394 e. The quantitative estimate of drug-likeness (QED) is 0.169. The van der Waals surface area contributed by atoms with Crippen molar-refractivity contribution in [3.63, 3.8) is 0 Å².